The van der Waals surface area contributed by atoms with E-state index >= 15 is 0 Å². The number of aromatic nitrogens is 1. The lowest BCUT2D eigenvalue weighted by atomic mass is 10.1. The molecule has 1 aromatic heterocycles. The van der Waals surface area contributed by atoms with Crippen molar-refractivity contribution in [3.05, 3.63) is 89.1 Å². The van der Waals surface area contributed by atoms with Crippen LogP contribution < -0.4 is 14.2 Å². The van der Waals surface area contributed by atoms with Crippen LogP contribution >= 0.6 is 11.6 Å². The van der Waals surface area contributed by atoms with Crippen LogP contribution in [0.3, 0.4) is 0 Å². The number of nitrogens with one attached hydrogen (secondary N) is 1. The predicted molar refractivity (Wildman–Crippen MR) is 159 cm³/mol. The standard InChI is InChI=1S/C32H34ClN3O5/c1-39-29-14-7-22(17-30(29)40-2)19-35(16-15-23-18-34-28-6-4-3-5-27(23)28)31(37)20-36(25-10-11-25)32(38)21-41-26-12-8-24(33)9-13-26/h3-9,12-14,17-18,25,34H,10-11,15-16,19-21H2,1-2H3. The molecule has 9 heteroatoms. The van der Waals surface area contributed by atoms with Crippen LogP contribution in [0.2, 0.25) is 5.02 Å². The van der Waals surface area contributed by atoms with E-state index in [1.54, 1.807) is 43.4 Å². The summed E-state index contributed by atoms with van der Waals surface area (Å²) in [5.41, 5.74) is 3.11. The molecular weight excluding hydrogens is 542 g/mol. The molecule has 1 heterocycles. The molecular formula is C32H34ClN3O5. The minimum Gasteiger partial charge on any atom is -0.493 e. The highest BCUT2D eigenvalue weighted by Gasteiger charge is 2.35. The van der Waals surface area contributed by atoms with Gasteiger partial charge in [0, 0.05) is 41.3 Å². The van der Waals surface area contributed by atoms with E-state index in [1.807, 2.05) is 47.5 Å². The summed E-state index contributed by atoms with van der Waals surface area (Å²) in [6.45, 7) is 0.712. The van der Waals surface area contributed by atoms with E-state index in [-0.39, 0.29) is 31.0 Å². The molecule has 3 aromatic carbocycles. The zero-order valence-corrected chi connectivity index (χ0v) is 24.0. The van der Waals surface area contributed by atoms with Crippen molar-refractivity contribution in [1.82, 2.24) is 14.8 Å². The highest BCUT2D eigenvalue weighted by Crippen LogP contribution is 2.30. The summed E-state index contributed by atoms with van der Waals surface area (Å²) >= 11 is 5.95. The fraction of sp³-hybridized carbons (Fsp3) is 0.312. The number of hydrogen-bond donors (Lipinski definition) is 1. The van der Waals surface area contributed by atoms with Crippen molar-refractivity contribution in [3.8, 4) is 17.2 Å². The molecule has 1 aliphatic carbocycles. The molecule has 1 aliphatic rings. The van der Waals surface area contributed by atoms with Crippen molar-refractivity contribution in [2.75, 3.05) is 33.9 Å². The van der Waals surface area contributed by atoms with E-state index in [0.717, 1.165) is 34.9 Å². The number of para-hydroxylation sites is 1. The van der Waals surface area contributed by atoms with Crippen molar-refractivity contribution in [2.45, 2.75) is 31.8 Å². The molecule has 0 saturated heterocycles. The number of rotatable bonds is 13. The van der Waals surface area contributed by atoms with E-state index in [0.29, 0.717) is 41.8 Å². The Morgan fingerprint density at radius 1 is 0.951 bits per heavy atom. The number of ether oxygens (including phenoxy) is 3. The van der Waals surface area contributed by atoms with Gasteiger partial charge in [0.05, 0.1) is 14.2 Å². The second-order valence-corrected chi connectivity index (χ2v) is 10.5. The number of benzene rings is 3. The zero-order chi connectivity index (χ0) is 28.8. The molecule has 41 heavy (non-hydrogen) atoms. The highest BCUT2D eigenvalue weighted by atomic mass is 35.5. The quantitative estimate of drug-likeness (QED) is 0.228. The number of carbonyl (C=O) groups is 2. The molecule has 8 nitrogen and oxygen atoms in total. The first kappa shape index (κ1) is 28.4. The Kier molecular flexibility index (Phi) is 8.99. The van der Waals surface area contributed by atoms with Crippen molar-refractivity contribution >= 4 is 34.3 Å². The maximum Gasteiger partial charge on any atom is 0.261 e. The second kappa shape index (κ2) is 13.0. The van der Waals surface area contributed by atoms with Gasteiger partial charge in [0.2, 0.25) is 5.91 Å². The molecule has 214 valence electrons. The van der Waals surface area contributed by atoms with Crippen molar-refractivity contribution in [2.24, 2.45) is 0 Å². The first-order valence-electron chi connectivity index (χ1n) is 13.7. The molecule has 0 spiro atoms. The van der Waals surface area contributed by atoms with E-state index in [9.17, 15) is 9.59 Å². The molecule has 0 atom stereocenters. The molecule has 0 unspecified atom stereocenters. The Bertz CT molecular complexity index is 1500. The van der Waals surface area contributed by atoms with Crippen LogP contribution in [0.4, 0.5) is 0 Å². The van der Waals surface area contributed by atoms with Gasteiger partial charge in [-0.3, -0.25) is 9.59 Å². The normalized spacial score (nSPS) is 12.7. The van der Waals surface area contributed by atoms with Gasteiger partial charge in [-0.1, -0.05) is 35.9 Å². The Balaban J connectivity index is 1.31. The average molecular weight is 576 g/mol. The summed E-state index contributed by atoms with van der Waals surface area (Å²) in [5.74, 6) is 1.45. The smallest absolute Gasteiger partial charge is 0.261 e. The van der Waals surface area contributed by atoms with Gasteiger partial charge < -0.3 is 29.0 Å². The number of carbonyl (C=O) groups excluding carboxylic acids is 2. The molecule has 5 rings (SSSR count). The highest BCUT2D eigenvalue weighted by molar-refractivity contribution is 6.30. The Hall–Kier alpha value is -4.17. The number of aromatic amines is 1. The Morgan fingerprint density at radius 3 is 2.44 bits per heavy atom. The number of methoxy groups -OCH3 is 2. The maximum atomic E-state index is 13.8. The Labute approximate surface area is 244 Å². The summed E-state index contributed by atoms with van der Waals surface area (Å²) in [5, 5.41) is 1.73. The summed E-state index contributed by atoms with van der Waals surface area (Å²) < 4.78 is 16.6. The molecule has 0 radical (unpaired) electrons. The van der Waals surface area contributed by atoms with Crippen LogP contribution in [-0.4, -0.2) is 66.6 Å². The first-order valence-corrected chi connectivity index (χ1v) is 14.0. The van der Waals surface area contributed by atoms with E-state index in [1.165, 1.54) is 0 Å². The fourth-order valence-electron chi connectivity index (χ4n) is 4.90. The van der Waals surface area contributed by atoms with Crippen LogP contribution in [0.15, 0.2) is 72.9 Å². The third-order valence-electron chi connectivity index (χ3n) is 7.29. The monoisotopic (exact) mass is 575 g/mol. The van der Waals surface area contributed by atoms with Crippen LogP contribution in [0.25, 0.3) is 10.9 Å². The lowest BCUT2D eigenvalue weighted by Gasteiger charge is -2.28. The minimum atomic E-state index is -0.210. The predicted octanol–water partition coefficient (Wildman–Crippen LogP) is 5.48. The topological polar surface area (TPSA) is 84.1 Å². The molecule has 0 bridgehead atoms. The number of hydrogen-bond acceptors (Lipinski definition) is 5. The molecule has 1 saturated carbocycles. The van der Waals surface area contributed by atoms with Gasteiger partial charge in [0.15, 0.2) is 18.1 Å². The third-order valence-corrected chi connectivity index (χ3v) is 7.54. The zero-order valence-electron chi connectivity index (χ0n) is 23.3. The molecule has 1 N–H and O–H groups in total. The summed E-state index contributed by atoms with van der Waals surface area (Å²) in [6, 6.07) is 20.7. The van der Waals surface area contributed by atoms with E-state index in [2.05, 4.69) is 11.1 Å². The first-order chi connectivity index (χ1) is 19.9. The number of nitrogens with zero attached hydrogens (tertiary/aromatic N) is 2. The van der Waals surface area contributed by atoms with Gasteiger partial charge in [0.25, 0.3) is 5.91 Å². The second-order valence-electron chi connectivity index (χ2n) is 10.1. The maximum absolute atomic E-state index is 13.8. The van der Waals surface area contributed by atoms with Gasteiger partial charge in [0.1, 0.15) is 12.3 Å². The van der Waals surface area contributed by atoms with Gasteiger partial charge in [-0.25, -0.2) is 0 Å². The lowest BCUT2D eigenvalue weighted by molar-refractivity contribution is -0.142. The van der Waals surface area contributed by atoms with Gasteiger partial charge in [-0.15, -0.1) is 0 Å². The third kappa shape index (κ3) is 7.13. The van der Waals surface area contributed by atoms with Crippen LogP contribution in [0.5, 0.6) is 17.2 Å². The van der Waals surface area contributed by atoms with Crippen LogP contribution in [-0.2, 0) is 22.6 Å². The van der Waals surface area contributed by atoms with Crippen LogP contribution in [0, 0.1) is 0 Å². The lowest BCUT2D eigenvalue weighted by Crippen LogP contribution is -2.45. The number of H-pyrrole nitrogens is 1. The SMILES string of the molecule is COc1ccc(CN(CCc2c[nH]c3ccccc23)C(=O)CN(C(=O)COc2ccc(Cl)cc2)C2CC2)cc1OC. The fourth-order valence-corrected chi connectivity index (χ4v) is 5.02. The minimum absolute atomic E-state index is 0.00531. The molecule has 0 aliphatic heterocycles. The largest absolute Gasteiger partial charge is 0.493 e. The van der Waals surface area contributed by atoms with Crippen LogP contribution in [0.1, 0.15) is 24.0 Å². The Morgan fingerprint density at radius 2 is 1.71 bits per heavy atom. The van der Waals surface area contributed by atoms with Crippen molar-refractivity contribution in [1.29, 1.82) is 0 Å². The summed E-state index contributed by atoms with van der Waals surface area (Å²) in [6.07, 6.45) is 4.42. The molecule has 4 aromatic rings. The number of halogens is 1. The van der Waals surface area contributed by atoms with Gasteiger partial charge in [-0.2, -0.15) is 0 Å². The number of fused-ring (bicyclic) bond motifs is 1. The molecule has 1 fully saturated rings. The van der Waals surface area contributed by atoms with Gasteiger partial charge in [-0.05, 0) is 72.9 Å². The van der Waals surface area contributed by atoms with E-state index < -0.39 is 0 Å². The molecule has 2 amide bonds. The summed E-state index contributed by atoms with van der Waals surface area (Å²) in [7, 11) is 3.18. The summed E-state index contributed by atoms with van der Waals surface area (Å²) in [4.78, 5) is 33.8. The van der Waals surface area contributed by atoms with Crippen molar-refractivity contribution < 1.29 is 23.8 Å². The van der Waals surface area contributed by atoms with E-state index in [4.69, 9.17) is 25.8 Å². The number of amides is 2. The average Bonchev–Trinajstić information content (AvgIpc) is 3.76. The van der Waals surface area contributed by atoms with Gasteiger partial charge >= 0.3 is 0 Å². The van der Waals surface area contributed by atoms with Crippen molar-refractivity contribution in [3.63, 3.8) is 0 Å².